The van der Waals surface area contributed by atoms with Crippen LogP contribution in [0.4, 0.5) is 0 Å². The number of carbonyl (C=O) groups is 1. The number of nitrogens with zero attached hydrogens (tertiary/aromatic N) is 3. The zero-order valence-electron chi connectivity index (χ0n) is 13.0. The zero-order valence-corrected chi connectivity index (χ0v) is 13.0. The minimum Gasteiger partial charge on any atom is -0.351 e. The van der Waals surface area contributed by atoms with E-state index in [-0.39, 0.29) is 11.9 Å². The highest BCUT2D eigenvalue weighted by molar-refractivity contribution is 5.98. The summed E-state index contributed by atoms with van der Waals surface area (Å²) in [6, 6.07) is 9.08. The smallest absolute Gasteiger partial charge is 0.268 e. The van der Waals surface area contributed by atoms with Gasteiger partial charge in [0.15, 0.2) is 0 Å². The average molecular weight is 307 g/mol. The summed E-state index contributed by atoms with van der Waals surface area (Å²) < 4.78 is 1.72. The Hall–Kier alpha value is -3.07. The number of rotatable bonds is 4. The number of hydrogen-bond donors (Lipinski definition) is 2. The number of aromatic nitrogens is 3. The highest BCUT2D eigenvalue weighted by Crippen LogP contribution is 2.19. The normalized spacial score (nSPS) is 12.0. The second-order valence-corrected chi connectivity index (χ2v) is 5.48. The molecule has 0 aliphatic heterocycles. The number of amides is 1. The Morgan fingerprint density at radius 1 is 1.48 bits per heavy atom. The first-order valence-corrected chi connectivity index (χ1v) is 7.43. The number of fused-ring (bicyclic) bond motifs is 1. The van der Waals surface area contributed by atoms with Gasteiger partial charge in [-0.3, -0.25) is 9.48 Å². The van der Waals surface area contributed by atoms with E-state index < -0.39 is 0 Å². The molecule has 0 aliphatic carbocycles. The van der Waals surface area contributed by atoms with Crippen LogP contribution in [0, 0.1) is 11.3 Å². The number of hydrogen-bond acceptors (Lipinski definition) is 3. The molecule has 1 amide bonds. The standard InChI is InChI=1S/C17H17N5O/c1-3-14(13-9-19-22(2)10-13)21-17(23)16-7-12-6-11(8-18)4-5-15(12)20-16/h4-7,9-10,14,20H,3H2,1-2H3,(H,21,23). The fraction of sp³-hybridized carbons (Fsp3) is 0.235. The molecule has 3 aromatic rings. The lowest BCUT2D eigenvalue weighted by Crippen LogP contribution is -2.28. The minimum atomic E-state index is -0.171. The lowest BCUT2D eigenvalue weighted by atomic mass is 10.1. The molecule has 0 aliphatic rings. The summed E-state index contributed by atoms with van der Waals surface area (Å²) >= 11 is 0. The van der Waals surface area contributed by atoms with E-state index in [4.69, 9.17) is 5.26 Å². The molecule has 0 bridgehead atoms. The van der Waals surface area contributed by atoms with E-state index in [1.54, 1.807) is 29.1 Å². The molecule has 1 unspecified atom stereocenters. The highest BCUT2D eigenvalue weighted by Gasteiger charge is 2.17. The first-order chi connectivity index (χ1) is 11.1. The van der Waals surface area contributed by atoms with Gasteiger partial charge in [0.2, 0.25) is 0 Å². The number of benzene rings is 1. The molecule has 2 N–H and O–H groups in total. The number of nitrogens with one attached hydrogen (secondary N) is 2. The van der Waals surface area contributed by atoms with Crippen molar-refractivity contribution in [3.8, 4) is 6.07 Å². The summed E-state index contributed by atoms with van der Waals surface area (Å²) in [5, 5.41) is 17.0. The van der Waals surface area contributed by atoms with Gasteiger partial charge in [-0.2, -0.15) is 10.4 Å². The maximum Gasteiger partial charge on any atom is 0.268 e. The quantitative estimate of drug-likeness (QED) is 0.777. The van der Waals surface area contributed by atoms with Crippen LogP contribution < -0.4 is 5.32 Å². The molecule has 6 heteroatoms. The molecular weight excluding hydrogens is 290 g/mol. The van der Waals surface area contributed by atoms with Gasteiger partial charge in [-0.25, -0.2) is 0 Å². The Bertz CT molecular complexity index is 899. The van der Waals surface area contributed by atoms with Crippen LogP contribution in [-0.2, 0) is 7.05 Å². The molecule has 1 aromatic carbocycles. The molecule has 23 heavy (non-hydrogen) atoms. The monoisotopic (exact) mass is 307 g/mol. The maximum atomic E-state index is 12.5. The SMILES string of the molecule is CCC(NC(=O)c1cc2cc(C#N)ccc2[nH]1)c1cnn(C)c1. The highest BCUT2D eigenvalue weighted by atomic mass is 16.1. The van der Waals surface area contributed by atoms with E-state index in [0.717, 1.165) is 22.9 Å². The molecule has 0 saturated heterocycles. The van der Waals surface area contributed by atoms with Gasteiger partial charge in [0, 0.05) is 29.7 Å². The van der Waals surface area contributed by atoms with Crippen LogP contribution in [0.25, 0.3) is 10.9 Å². The van der Waals surface area contributed by atoms with Crippen LogP contribution in [-0.4, -0.2) is 20.7 Å². The third-order valence-corrected chi connectivity index (χ3v) is 3.84. The molecule has 0 spiro atoms. The van der Waals surface area contributed by atoms with Crippen molar-refractivity contribution in [2.24, 2.45) is 7.05 Å². The average Bonchev–Trinajstić information content (AvgIpc) is 3.17. The predicted octanol–water partition coefficient (Wildman–Crippen LogP) is 2.65. The predicted molar refractivity (Wildman–Crippen MR) is 86.7 cm³/mol. The van der Waals surface area contributed by atoms with E-state index in [2.05, 4.69) is 21.5 Å². The fourth-order valence-electron chi connectivity index (χ4n) is 2.60. The zero-order chi connectivity index (χ0) is 16.4. The van der Waals surface area contributed by atoms with Gasteiger partial charge in [-0.1, -0.05) is 6.92 Å². The van der Waals surface area contributed by atoms with Gasteiger partial charge in [0.05, 0.1) is 23.9 Å². The van der Waals surface area contributed by atoms with Crippen LogP contribution >= 0.6 is 0 Å². The molecule has 116 valence electrons. The van der Waals surface area contributed by atoms with Gasteiger partial charge in [-0.15, -0.1) is 0 Å². The van der Waals surface area contributed by atoms with Crippen LogP contribution in [0.1, 0.15) is 41.0 Å². The first-order valence-electron chi connectivity index (χ1n) is 7.43. The Balaban J connectivity index is 1.83. The summed E-state index contributed by atoms with van der Waals surface area (Å²) in [5.41, 5.74) is 2.87. The Morgan fingerprint density at radius 3 is 2.96 bits per heavy atom. The van der Waals surface area contributed by atoms with Crippen LogP contribution in [0.15, 0.2) is 36.7 Å². The van der Waals surface area contributed by atoms with E-state index >= 15 is 0 Å². The molecule has 0 radical (unpaired) electrons. The van der Waals surface area contributed by atoms with E-state index in [9.17, 15) is 4.79 Å². The molecular formula is C17H17N5O. The van der Waals surface area contributed by atoms with Crippen molar-refractivity contribution in [3.63, 3.8) is 0 Å². The van der Waals surface area contributed by atoms with Gasteiger partial charge in [0.25, 0.3) is 5.91 Å². The lowest BCUT2D eigenvalue weighted by molar-refractivity contribution is 0.0931. The van der Waals surface area contributed by atoms with Gasteiger partial charge in [0.1, 0.15) is 5.69 Å². The summed E-state index contributed by atoms with van der Waals surface area (Å²) in [5.74, 6) is -0.171. The largest absolute Gasteiger partial charge is 0.351 e. The molecule has 1 atom stereocenters. The Kier molecular flexibility index (Phi) is 3.85. The van der Waals surface area contributed by atoms with Crippen molar-refractivity contribution in [2.45, 2.75) is 19.4 Å². The lowest BCUT2D eigenvalue weighted by Gasteiger charge is -2.14. The third kappa shape index (κ3) is 2.94. The van der Waals surface area contributed by atoms with Gasteiger partial charge in [-0.05, 0) is 30.7 Å². The number of H-pyrrole nitrogens is 1. The second kappa shape index (κ2) is 5.97. The van der Waals surface area contributed by atoms with Crippen molar-refractivity contribution in [3.05, 3.63) is 53.5 Å². The van der Waals surface area contributed by atoms with Crippen molar-refractivity contribution in [1.82, 2.24) is 20.1 Å². The summed E-state index contributed by atoms with van der Waals surface area (Å²) in [6.07, 6.45) is 4.44. The Labute approximate surface area is 133 Å². The molecule has 2 aromatic heterocycles. The molecule has 6 nitrogen and oxygen atoms in total. The molecule has 0 fully saturated rings. The molecule has 2 heterocycles. The summed E-state index contributed by atoms with van der Waals surface area (Å²) in [7, 11) is 1.85. The number of carbonyl (C=O) groups excluding carboxylic acids is 1. The van der Waals surface area contributed by atoms with Crippen LogP contribution in [0.2, 0.25) is 0 Å². The third-order valence-electron chi connectivity index (χ3n) is 3.84. The fourth-order valence-corrected chi connectivity index (χ4v) is 2.60. The van der Waals surface area contributed by atoms with Crippen molar-refractivity contribution in [2.75, 3.05) is 0 Å². The number of aromatic amines is 1. The van der Waals surface area contributed by atoms with Crippen molar-refractivity contribution in [1.29, 1.82) is 5.26 Å². The van der Waals surface area contributed by atoms with Gasteiger partial charge < -0.3 is 10.3 Å². The van der Waals surface area contributed by atoms with Crippen molar-refractivity contribution >= 4 is 16.8 Å². The summed E-state index contributed by atoms with van der Waals surface area (Å²) in [6.45, 7) is 2.02. The molecule has 3 rings (SSSR count). The van der Waals surface area contributed by atoms with Crippen LogP contribution in [0.3, 0.4) is 0 Å². The Morgan fingerprint density at radius 2 is 2.30 bits per heavy atom. The number of nitriles is 1. The van der Waals surface area contributed by atoms with Gasteiger partial charge >= 0.3 is 0 Å². The van der Waals surface area contributed by atoms with E-state index in [1.807, 2.05) is 26.2 Å². The van der Waals surface area contributed by atoms with E-state index in [0.29, 0.717) is 11.3 Å². The second-order valence-electron chi connectivity index (χ2n) is 5.48. The van der Waals surface area contributed by atoms with E-state index in [1.165, 1.54) is 0 Å². The topological polar surface area (TPSA) is 86.5 Å². The van der Waals surface area contributed by atoms with Crippen molar-refractivity contribution < 1.29 is 4.79 Å². The maximum absolute atomic E-state index is 12.5. The minimum absolute atomic E-state index is 0.0859. The van der Waals surface area contributed by atoms with Crippen LogP contribution in [0.5, 0.6) is 0 Å². The summed E-state index contributed by atoms with van der Waals surface area (Å²) in [4.78, 5) is 15.6. The first kappa shape index (κ1) is 14.9. The molecule has 0 saturated carbocycles. The number of aryl methyl sites for hydroxylation is 1.